The first-order valence-corrected chi connectivity index (χ1v) is 6.34. The molecule has 7 nitrogen and oxygen atoms in total. The molecule has 0 fully saturated rings. The first-order valence-electron chi connectivity index (χ1n) is 6.34. The number of hydrogen-bond donors (Lipinski definition) is 2. The van der Waals surface area contributed by atoms with Gasteiger partial charge in [0.2, 0.25) is 0 Å². The highest BCUT2D eigenvalue weighted by Gasteiger charge is 2.17. The molecule has 0 saturated carbocycles. The summed E-state index contributed by atoms with van der Waals surface area (Å²) >= 11 is 0. The Balaban J connectivity index is 2.46. The van der Waals surface area contributed by atoms with Crippen molar-refractivity contribution in [1.82, 2.24) is 20.4 Å². The summed E-state index contributed by atoms with van der Waals surface area (Å²) in [5, 5.41) is 8.75. The van der Waals surface area contributed by atoms with Gasteiger partial charge >= 0.3 is 6.03 Å². The quantitative estimate of drug-likeness (QED) is 0.803. The Bertz CT molecular complexity index is 430. The number of urea groups is 1. The molecule has 0 radical (unpaired) electrons. The van der Waals surface area contributed by atoms with E-state index in [2.05, 4.69) is 15.7 Å². The van der Waals surface area contributed by atoms with Crippen molar-refractivity contribution in [1.29, 1.82) is 0 Å². The number of hydrogen-bond acceptors (Lipinski definition) is 4. The topological polar surface area (TPSA) is 85.2 Å². The van der Waals surface area contributed by atoms with Crippen molar-refractivity contribution in [3.63, 3.8) is 0 Å². The number of aromatic nitrogens is 2. The molecule has 1 heterocycles. The fourth-order valence-corrected chi connectivity index (χ4v) is 1.43. The summed E-state index contributed by atoms with van der Waals surface area (Å²) in [4.78, 5) is 22.8. The lowest BCUT2D eigenvalue weighted by molar-refractivity contribution is -0.126. The average molecular weight is 268 g/mol. The SMILES string of the molecule is CCCn1cc(OC(C)C(=O)NC(=O)NCC)cn1. The molecule has 0 bridgehead atoms. The minimum atomic E-state index is -0.762. The van der Waals surface area contributed by atoms with Crippen LogP contribution in [-0.4, -0.2) is 34.4 Å². The van der Waals surface area contributed by atoms with Crippen LogP contribution in [-0.2, 0) is 11.3 Å². The third-order valence-corrected chi connectivity index (χ3v) is 2.32. The predicted molar refractivity (Wildman–Crippen MR) is 69.8 cm³/mol. The Morgan fingerprint density at radius 2 is 2.21 bits per heavy atom. The molecule has 1 aromatic rings. The predicted octanol–water partition coefficient (Wildman–Crippen LogP) is 0.906. The molecule has 0 aromatic carbocycles. The van der Waals surface area contributed by atoms with Crippen LogP contribution in [0.1, 0.15) is 27.2 Å². The standard InChI is InChI=1S/C12H20N4O3/c1-4-6-16-8-10(7-14-16)19-9(3)11(17)15-12(18)13-5-2/h7-9H,4-6H2,1-3H3,(H2,13,15,17,18). The maximum Gasteiger partial charge on any atom is 0.321 e. The Kier molecular flexibility index (Phi) is 5.84. The summed E-state index contributed by atoms with van der Waals surface area (Å²) < 4.78 is 7.15. The van der Waals surface area contributed by atoms with E-state index in [-0.39, 0.29) is 0 Å². The zero-order valence-corrected chi connectivity index (χ0v) is 11.5. The van der Waals surface area contributed by atoms with Crippen molar-refractivity contribution in [2.75, 3.05) is 6.54 Å². The maximum atomic E-state index is 11.6. The number of carbonyl (C=O) groups excluding carboxylic acids is 2. The summed E-state index contributed by atoms with van der Waals surface area (Å²) in [5.74, 6) is 0.0150. The van der Waals surface area contributed by atoms with Gasteiger partial charge in [-0.1, -0.05) is 6.92 Å². The third kappa shape index (κ3) is 4.99. The number of imide groups is 1. The fourth-order valence-electron chi connectivity index (χ4n) is 1.43. The van der Waals surface area contributed by atoms with Gasteiger partial charge in [-0.3, -0.25) is 14.8 Å². The highest BCUT2D eigenvalue weighted by atomic mass is 16.5. The van der Waals surface area contributed by atoms with E-state index in [9.17, 15) is 9.59 Å². The van der Waals surface area contributed by atoms with Crippen molar-refractivity contribution in [3.05, 3.63) is 12.4 Å². The van der Waals surface area contributed by atoms with Gasteiger partial charge < -0.3 is 10.1 Å². The van der Waals surface area contributed by atoms with Gasteiger partial charge in [0, 0.05) is 13.1 Å². The smallest absolute Gasteiger partial charge is 0.321 e. The number of nitrogens with zero attached hydrogens (tertiary/aromatic N) is 2. The highest BCUT2D eigenvalue weighted by molar-refractivity contribution is 5.96. The molecule has 0 aliphatic rings. The first-order chi connectivity index (χ1) is 9.06. The molecule has 1 rings (SSSR count). The van der Waals surface area contributed by atoms with E-state index in [1.54, 1.807) is 30.9 Å². The second kappa shape index (κ2) is 7.40. The van der Waals surface area contributed by atoms with Crippen molar-refractivity contribution in [2.24, 2.45) is 0 Å². The van der Waals surface area contributed by atoms with Gasteiger partial charge in [0.25, 0.3) is 5.91 Å². The van der Waals surface area contributed by atoms with Crippen LogP contribution in [0.4, 0.5) is 4.79 Å². The summed E-state index contributed by atoms with van der Waals surface area (Å²) in [7, 11) is 0. The molecule has 7 heteroatoms. The van der Waals surface area contributed by atoms with E-state index in [1.807, 2.05) is 6.92 Å². The summed E-state index contributed by atoms with van der Waals surface area (Å²) in [6, 6.07) is -0.523. The summed E-state index contributed by atoms with van der Waals surface area (Å²) in [6.45, 7) is 6.64. The normalized spacial score (nSPS) is 11.7. The zero-order chi connectivity index (χ0) is 14.3. The number of rotatable bonds is 6. The lowest BCUT2D eigenvalue weighted by Gasteiger charge is -2.12. The van der Waals surface area contributed by atoms with Crippen LogP contribution in [0.25, 0.3) is 0 Å². The van der Waals surface area contributed by atoms with E-state index >= 15 is 0 Å². The lowest BCUT2D eigenvalue weighted by Crippen LogP contribution is -2.45. The van der Waals surface area contributed by atoms with E-state index in [0.717, 1.165) is 13.0 Å². The van der Waals surface area contributed by atoms with Crippen LogP contribution >= 0.6 is 0 Å². The lowest BCUT2D eigenvalue weighted by atomic mass is 10.4. The minimum Gasteiger partial charge on any atom is -0.478 e. The van der Waals surface area contributed by atoms with E-state index in [4.69, 9.17) is 4.74 Å². The Hall–Kier alpha value is -2.05. The Labute approximate surface area is 112 Å². The molecule has 1 aromatic heterocycles. The summed E-state index contributed by atoms with van der Waals surface area (Å²) in [5.41, 5.74) is 0. The molecule has 3 amide bonds. The third-order valence-electron chi connectivity index (χ3n) is 2.32. The van der Waals surface area contributed by atoms with Crippen molar-refractivity contribution in [3.8, 4) is 5.75 Å². The molecule has 1 unspecified atom stereocenters. The second-order valence-corrected chi connectivity index (χ2v) is 4.05. The Morgan fingerprint density at radius 1 is 1.47 bits per heavy atom. The van der Waals surface area contributed by atoms with Gasteiger partial charge in [0.1, 0.15) is 0 Å². The van der Waals surface area contributed by atoms with Crippen molar-refractivity contribution >= 4 is 11.9 Å². The van der Waals surface area contributed by atoms with Gasteiger partial charge in [-0.2, -0.15) is 5.10 Å². The molecule has 0 aliphatic carbocycles. The van der Waals surface area contributed by atoms with Crippen LogP contribution in [0.15, 0.2) is 12.4 Å². The largest absolute Gasteiger partial charge is 0.478 e. The van der Waals surface area contributed by atoms with Crippen LogP contribution in [0.5, 0.6) is 5.75 Å². The first kappa shape index (κ1) is 15.0. The molecule has 0 aliphatic heterocycles. The van der Waals surface area contributed by atoms with Gasteiger partial charge in [0.15, 0.2) is 11.9 Å². The molecule has 1 atom stereocenters. The van der Waals surface area contributed by atoms with Crippen LogP contribution in [0.3, 0.4) is 0 Å². The number of ether oxygens (including phenoxy) is 1. The van der Waals surface area contributed by atoms with Crippen LogP contribution in [0.2, 0.25) is 0 Å². The minimum absolute atomic E-state index is 0.456. The average Bonchev–Trinajstić information content (AvgIpc) is 2.77. The van der Waals surface area contributed by atoms with Crippen LogP contribution in [0, 0.1) is 0 Å². The van der Waals surface area contributed by atoms with E-state index in [1.165, 1.54) is 0 Å². The highest BCUT2D eigenvalue weighted by Crippen LogP contribution is 2.10. The molecule has 0 saturated heterocycles. The number of aryl methyl sites for hydroxylation is 1. The van der Waals surface area contributed by atoms with Crippen LogP contribution < -0.4 is 15.4 Å². The summed E-state index contributed by atoms with van der Waals surface area (Å²) in [6.07, 6.45) is 3.47. The molecule has 2 N–H and O–H groups in total. The van der Waals surface area contributed by atoms with Gasteiger partial charge in [-0.05, 0) is 20.3 Å². The van der Waals surface area contributed by atoms with E-state index < -0.39 is 18.0 Å². The number of amides is 3. The maximum absolute atomic E-state index is 11.6. The Morgan fingerprint density at radius 3 is 2.84 bits per heavy atom. The van der Waals surface area contributed by atoms with E-state index in [0.29, 0.717) is 12.3 Å². The molecule has 19 heavy (non-hydrogen) atoms. The fraction of sp³-hybridized carbons (Fsp3) is 0.583. The molecular weight excluding hydrogens is 248 g/mol. The second-order valence-electron chi connectivity index (χ2n) is 4.05. The monoisotopic (exact) mass is 268 g/mol. The van der Waals surface area contributed by atoms with Gasteiger partial charge in [0.05, 0.1) is 12.4 Å². The molecule has 0 spiro atoms. The number of carbonyl (C=O) groups is 2. The van der Waals surface area contributed by atoms with Gasteiger partial charge in [-0.15, -0.1) is 0 Å². The van der Waals surface area contributed by atoms with Crippen molar-refractivity contribution < 1.29 is 14.3 Å². The zero-order valence-electron chi connectivity index (χ0n) is 11.5. The number of nitrogens with one attached hydrogen (secondary N) is 2. The molecule has 106 valence electrons. The molecular formula is C12H20N4O3. The van der Waals surface area contributed by atoms with Gasteiger partial charge in [-0.25, -0.2) is 4.79 Å². The van der Waals surface area contributed by atoms with Crippen molar-refractivity contribution in [2.45, 2.75) is 39.8 Å².